The Morgan fingerprint density at radius 3 is 2.41 bits per heavy atom. The maximum absolute atomic E-state index is 12.8. The minimum Gasteiger partial charge on any atom is -0.480 e. The number of likely N-dealkylation sites (N-methyl/N-ethyl adjacent to an activating group) is 1. The lowest BCUT2D eigenvalue weighted by atomic mass is 10.1. The van der Waals surface area contributed by atoms with Gasteiger partial charge in [0.15, 0.2) is 0 Å². The number of nitrogens with zero attached hydrogens (tertiary/aromatic N) is 1. The van der Waals surface area contributed by atoms with Crippen LogP contribution in [0.3, 0.4) is 0 Å². The number of hydrogen-bond acceptors (Lipinski definition) is 3. The van der Waals surface area contributed by atoms with Gasteiger partial charge in [-0.2, -0.15) is 13.2 Å². The lowest BCUT2D eigenvalue weighted by Crippen LogP contribution is -2.43. The Hall–Kier alpha value is -2.09. The fourth-order valence-electron chi connectivity index (χ4n) is 1.89. The van der Waals surface area contributed by atoms with E-state index in [0.717, 1.165) is 12.1 Å². The fraction of sp³-hybridized carbons (Fsp3) is 0.429. The van der Waals surface area contributed by atoms with Crippen molar-refractivity contribution in [1.29, 1.82) is 0 Å². The van der Waals surface area contributed by atoms with Crippen molar-refractivity contribution in [3.8, 4) is 0 Å². The number of carbonyl (C=O) groups excluding carboxylic acids is 1. The van der Waals surface area contributed by atoms with Crippen LogP contribution in [-0.4, -0.2) is 41.0 Å². The van der Waals surface area contributed by atoms with Crippen LogP contribution >= 0.6 is 0 Å². The Balaban J connectivity index is 2.84. The van der Waals surface area contributed by atoms with E-state index in [9.17, 15) is 22.8 Å². The third-order valence-electron chi connectivity index (χ3n) is 3.16. The average Bonchev–Trinajstić information content (AvgIpc) is 2.43. The largest absolute Gasteiger partial charge is 0.480 e. The number of carboxylic acids is 1. The van der Waals surface area contributed by atoms with Crippen LogP contribution in [-0.2, 0) is 15.8 Å². The molecule has 0 aromatic heterocycles. The molecule has 1 aromatic carbocycles. The van der Waals surface area contributed by atoms with Crippen molar-refractivity contribution in [2.45, 2.75) is 26.1 Å². The van der Waals surface area contributed by atoms with Crippen molar-refractivity contribution in [2.75, 3.05) is 18.4 Å². The Kier molecular flexibility index (Phi) is 5.92. The number of alkyl halides is 3. The van der Waals surface area contributed by atoms with Crippen LogP contribution in [0.2, 0.25) is 0 Å². The molecule has 1 amide bonds. The van der Waals surface area contributed by atoms with Crippen LogP contribution in [0.15, 0.2) is 24.3 Å². The van der Waals surface area contributed by atoms with Gasteiger partial charge in [-0.25, -0.2) is 0 Å². The van der Waals surface area contributed by atoms with Crippen molar-refractivity contribution in [2.24, 2.45) is 0 Å². The highest BCUT2D eigenvalue weighted by molar-refractivity contribution is 5.93. The summed E-state index contributed by atoms with van der Waals surface area (Å²) < 4.78 is 38.5. The summed E-state index contributed by atoms with van der Waals surface area (Å²) in [7, 11) is 0. The summed E-state index contributed by atoms with van der Waals surface area (Å²) in [6.45, 7) is 3.04. The van der Waals surface area contributed by atoms with Crippen molar-refractivity contribution in [3.63, 3.8) is 0 Å². The molecule has 1 atom stereocenters. The molecular formula is C14H17F3N2O3. The number of aliphatic carboxylic acids is 1. The van der Waals surface area contributed by atoms with Crippen molar-refractivity contribution >= 4 is 17.6 Å². The summed E-state index contributed by atoms with van der Waals surface area (Å²) in [6, 6.07) is 3.71. The van der Waals surface area contributed by atoms with Crippen LogP contribution < -0.4 is 5.32 Å². The summed E-state index contributed by atoms with van der Waals surface area (Å²) in [6.07, 6.45) is -4.58. The van der Waals surface area contributed by atoms with E-state index in [0.29, 0.717) is 0 Å². The number of para-hydroxylation sites is 1. The van der Waals surface area contributed by atoms with Gasteiger partial charge in [0.25, 0.3) is 0 Å². The highest BCUT2D eigenvalue weighted by atomic mass is 19.4. The van der Waals surface area contributed by atoms with Crippen LogP contribution in [0.5, 0.6) is 0 Å². The molecule has 1 aromatic rings. The van der Waals surface area contributed by atoms with E-state index >= 15 is 0 Å². The van der Waals surface area contributed by atoms with Crippen LogP contribution in [0.4, 0.5) is 18.9 Å². The van der Waals surface area contributed by atoms with Gasteiger partial charge < -0.3 is 10.4 Å². The van der Waals surface area contributed by atoms with Gasteiger partial charge in [0.1, 0.15) is 6.04 Å². The standard InChI is InChI=1S/C14H17F3N2O3/c1-3-19(9(2)13(21)22)8-12(20)18-11-7-5-4-6-10(11)14(15,16)17/h4-7,9H,3,8H2,1-2H3,(H,18,20)(H,21,22)/t9-/m0/s1. The molecule has 0 aliphatic heterocycles. The molecular weight excluding hydrogens is 301 g/mol. The Morgan fingerprint density at radius 2 is 1.91 bits per heavy atom. The van der Waals surface area contributed by atoms with E-state index in [1.54, 1.807) is 6.92 Å². The number of halogens is 3. The van der Waals surface area contributed by atoms with Gasteiger partial charge in [-0.3, -0.25) is 14.5 Å². The zero-order chi connectivity index (χ0) is 16.9. The van der Waals surface area contributed by atoms with E-state index in [2.05, 4.69) is 5.32 Å². The molecule has 0 aliphatic rings. The quantitative estimate of drug-likeness (QED) is 0.845. The second kappa shape index (κ2) is 7.26. The lowest BCUT2D eigenvalue weighted by molar-refractivity contribution is -0.142. The SMILES string of the molecule is CCN(CC(=O)Nc1ccccc1C(F)(F)F)[C@@H](C)C(=O)O. The summed E-state index contributed by atoms with van der Waals surface area (Å²) in [5, 5.41) is 11.1. The molecule has 122 valence electrons. The van der Waals surface area contributed by atoms with Gasteiger partial charge in [0, 0.05) is 0 Å². The molecule has 0 spiro atoms. The number of hydrogen-bond donors (Lipinski definition) is 2. The van der Waals surface area contributed by atoms with E-state index < -0.39 is 29.7 Å². The highest BCUT2D eigenvalue weighted by Gasteiger charge is 2.33. The maximum Gasteiger partial charge on any atom is 0.418 e. The predicted octanol–water partition coefficient (Wildman–Crippen LogP) is 2.44. The molecule has 0 aliphatic carbocycles. The minimum atomic E-state index is -4.58. The fourth-order valence-corrected chi connectivity index (χ4v) is 1.89. The summed E-state index contributed by atoms with van der Waals surface area (Å²) in [4.78, 5) is 24.1. The molecule has 5 nitrogen and oxygen atoms in total. The molecule has 0 radical (unpaired) electrons. The van der Waals surface area contributed by atoms with Crippen LogP contribution in [0.1, 0.15) is 19.4 Å². The molecule has 8 heteroatoms. The number of rotatable bonds is 6. The minimum absolute atomic E-state index is 0.280. The van der Waals surface area contributed by atoms with E-state index in [1.165, 1.54) is 24.0 Å². The van der Waals surface area contributed by atoms with Gasteiger partial charge in [-0.05, 0) is 25.6 Å². The second-order valence-corrected chi connectivity index (χ2v) is 4.67. The first-order chi connectivity index (χ1) is 10.2. The second-order valence-electron chi connectivity index (χ2n) is 4.67. The molecule has 0 saturated carbocycles. The molecule has 2 N–H and O–H groups in total. The van der Waals surface area contributed by atoms with Crippen molar-refractivity contribution in [1.82, 2.24) is 4.90 Å². The number of amides is 1. The Morgan fingerprint density at radius 1 is 1.32 bits per heavy atom. The lowest BCUT2D eigenvalue weighted by Gasteiger charge is -2.24. The van der Waals surface area contributed by atoms with Gasteiger partial charge in [-0.1, -0.05) is 19.1 Å². The van der Waals surface area contributed by atoms with Crippen molar-refractivity contribution in [3.05, 3.63) is 29.8 Å². The monoisotopic (exact) mass is 318 g/mol. The molecule has 0 unspecified atom stereocenters. The number of carbonyl (C=O) groups is 2. The van der Waals surface area contributed by atoms with Gasteiger partial charge >= 0.3 is 12.1 Å². The molecule has 1 rings (SSSR count). The average molecular weight is 318 g/mol. The third kappa shape index (κ3) is 4.73. The van der Waals surface area contributed by atoms with Gasteiger partial charge in [0.2, 0.25) is 5.91 Å². The maximum atomic E-state index is 12.8. The molecule has 0 bridgehead atoms. The first-order valence-electron chi connectivity index (χ1n) is 6.59. The topological polar surface area (TPSA) is 69.6 Å². The van der Waals surface area contributed by atoms with E-state index in [1.807, 2.05) is 0 Å². The molecule has 0 saturated heterocycles. The first kappa shape index (κ1) is 18.0. The first-order valence-corrected chi connectivity index (χ1v) is 6.59. The normalized spacial score (nSPS) is 13.0. The molecule has 0 fully saturated rings. The smallest absolute Gasteiger partial charge is 0.418 e. The Bertz CT molecular complexity index is 546. The third-order valence-corrected chi connectivity index (χ3v) is 3.16. The number of anilines is 1. The highest BCUT2D eigenvalue weighted by Crippen LogP contribution is 2.34. The summed E-state index contributed by atoms with van der Waals surface area (Å²) in [5.74, 6) is -1.81. The molecule has 0 heterocycles. The number of carboxylic acid groups (broad SMARTS) is 1. The zero-order valence-electron chi connectivity index (χ0n) is 12.1. The van der Waals surface area contributed by atoms with Crippen LogP contribution in [0, 0.1) is 0 Å². The Labute approximate surface area is 125 Å². The molecule has 22 heavy (non-hydrogen) atoms. The zero-order valence-corrected chi connectivity index (χ0v) is 12.1. The summed E-state index contributed by atoms with van der Waals surface area (Å²) >= 11 is 0. The number of nitrogens with one attached hydrogen (secondary N) is 1. The number of benzene rings is 1. The van der Waals surface area contributed by atoms with Gasteiger partial charge in [0.05, 0.1) is 17.8 Å². The van der Waals surface area contributed by atoms with E-state index in [-0.39, 0.29) is 18.8 Å². The van der Waals surface area contributed by atoms with Gasteiger partial charge in [-0.15, -0.1) is 0 Å². The predicted molar refractivity (Wildman–Crippen MR) is 74.4 cm³/mol. The summed E-state index contributed by atoms with van der Waals surface area (Å²) in [5.41, 5.74) is -1.29. The van der Waals surface area contributed by atoms with Crippen molar-refractivity contribution < 1.29 is 27.9 Å². The van der Waals surface area contributed by atoms with E-state index in [4.69, 9.17) is 5.11 Å². The van der Waals surface area contributed by atoms with Crippen LogP contribution in [0.25, 0.3) is 0 Å².